The second kappa shape index (κ2) is 5.70. The summed E-state index contributed by atoms with van der Waals surface area (Å²) in [6, 6.07) is 4.27. The van der Waals surface area contributed by atoms with Gasteiger partial charge in [-0.2, -0.15) is 4.98 Å². The SMILES string of the molecule is CN1CCOC(c2nc(C3(c4ccc(Br)s4)CCC3)no2)C1. The van der Waals surface area contributed by atoms with Gasteiger partial charge in [0, 0.05) is 18.0 Å². The van der Waals surface area contributed by atoms with Crippen LogP contribution >= 0.6 is 27.3 Å². The van der Waals surface area contributed by atoms with Crippen molar-refractivity contribution in [2.24, 2.45) is 0 Å². The fraction of sp³-hybridized carbons (Fsp3) is 0.600. The van der Waals surface area contributed by atoms with Gasteiger partial charge in [0.25, 0.3) is 5.89 Å². The van der Waals surface area contributed by atoms with Crippen LogP contribution in [0.2, 0.25) is 0 Å². The highest BCUT2D eigenvalue weighted by atomic mass is 79.9. The molecule has 0 bridgehead atoms. The van der Waals surface area contributed by atoms with E-state index >= 15 is 0 Å². The molecule has 3 heterocycles. The third-order valence-corrected chi connectivity index (χ3v) is 6.49. The maximum atomic E-state index is 5.78. The summed E-state index contributed by atoms with van der Waals surface area (Å²) >= 11 is 5.32. The normalized spacial score (nSPS) is 25.1. The molecule has 2 fully saturated rings. The summed E-state index contributed by atoms with van der Waals surface area (Å²) in [5.41, 5.74) is -0.0565. The van der Waals surface area contributed by atoms with E-state index < -0.39 is 0 Å². The summed E-state index contributed by atoms with van der Waals surface area (Å²) in [6.45, 7) is 2.46. The summed E-state index contributed by atoms with van der Waals surface area (Å²) in [7, 11) is 2.09. The van der Waals surface area contributed by atoms with E-state index in [-0.39, 0.29) is 11.5 Å². The van der Waals surface area contributed by atoms with Crippen molar-refractivity contribution >= 4 is 27.3 Å². The van der Waals surface area contributed by atoms with Crippen molar-refractivity contribution in [3.8, 4) is 0 Å². The van der Waals surface area contributed by atoms with E-state index in [1.54, 1.807) is 11.3 Å². The summed E-state index contributed by atoms with van der Waals surface area (Å²) < 4.78 is 12.5. The third kappa shape index (κ3) is 2.44. The molecule has 22 heavy (non-hydrogen) atoms. The maximum absolute atomic E-state index is 5.78. The molecule has 5 nitrogen and oxygen atoms in total. The Balaban J connectivity index is 1.62. The van der Waals surface area contributed by atoms with Crippen molar-refractivity contribution in [1.82, 2.24) is 15.0 Å². The molecular weight excluding hydrogens is 366 g/mol. The van der Waals surface area contributed by atoms with Gasteiger partial charge in [-0.1, -0.05) is 11.6 Å². The number of rotatable bonds is 3. The number of hydrogen-bond donors (Lipinski definition) is 0. The molecule has 1 aliphatic heterocycles. The van der Waals surface area contributed by atoms with E-state index in [1.165, 1.54) is 11.3 Å². The number of halogens is 1. The molecule has 118 valence electrons. The highest BCUT2D eigenvalue weighted by molar-refractivity contribution is 9.11. The molecule has 0 spiro atoms. The average molecular weight is 384 g/mol. The van der Waals surface area contributed by atoms with E-state index in [1.807, 2.05) is 0 Å². The van der Waals surface area contributed by atoms with Crippen LogP contribution in [0, 0.1) is 0 Å². The number of likely N-dealkylation sites (N-methyl/N-ethyl adjacent to an activating group) is 1. The Bertz CT molecular complexity index is 667. The lowest BCUT2D eigenvalue weighted by Crippen LogP contribution is -2.36. The van der Waals surface area contributed by atoms with Crippen LogP contribution in [0.25, 0.3) is 0 Å². The lowest BCUT2D eigenvalue weighted by molar-refractivity contribution is -0.0366. The molecule has 0 radical (unpaired) electrons. The van der Waals surface area contributed by atoms with Crippen molar-refractivity contribution in [3.05, 3.63) is 32.5 Å². The van der Waals surface area contributed by atoms with Crippen LogP contribution < -0.4 is 0 Å². The molecule has 0 aromatic carbocycles. The standard InChI is InChI=1S/C15H18BrN3O2S/c1-19-7-8-20-10(9-19)13-17-14(18-21-13)15(5-2-6-15)11-3-4-12(16)22-11/h3-4,10H,2,5-9H2,1H3. The summed E-state index contributed by atoms with van der Waals surface area (Å²) in [5, 5.41) is 4.30. The highest BCUT2D eigenvalue weighted by Crippen LogP contribution is 2.50. The minimum absolute atomic E-state index is 0.0565. The monoisotopic (exact) mass is 383 g/mol. The quantitative estimate of drug-likeness (QED) is 0.812. The van der Waals surface area contributed by atoms with Crippen LogP contribution in [0.1, 0.15) is 42.0 Å². The smallest absolute Gasteiger partial charge is 0.257 e. The molecule has 4 rings (SSSR count). The van der Waals surface area contributed by atoms with Gasteiger partial charge in [-0.25, -0.2) is 0 Å². The first-order valence-corrected chi connectivity index (χ1v) is 9.18. The van der Waals surface area contributed by atoms with E-state index in [9.17, 15) is 0 Å². The number of morpholine rings is 1. The fourth-order valence-corrected chi connectivity index (χ4v) is 4.80. The summed E-state index contributed by atoms with van der Waals surface area (Å²) in [5.74, 6) is 1.43. The van der Waals surface area contributed by atoms with Crippen LogP contribution in [0.3, 0.4) is 0 Å². The molecule has 1 saturated heterocycles. The molecule has 1 unspecified atom stereocenters. The molecule has 0 N–H and O–H groups in total. The van der Waals surface area contributed by atoms with Gasteiger partial charge in [0.1, 0.15) is 6.10 Å². The lowest BCUT2D eigenvalue weighted by atomic mass is 9.67. The number of hydrogen-bond acceptors (Lipinski definition) is 6. The average Bonchev–Trinajstić information content (AvgIpc) is 3.08. The number of nitrogens with zero attached hydrogens (tertiary/aromatic N) is 3. The highest BCUT2D eigenvalue weighted by Gasteiger charge is 2.46. The second-order valence-corrected chi connectivity index (χ2v) is 8.58. The van der Waals surface area contributed by atoms with E-state index in [4.69, 9.17) is 14.2 Å². The van der Waals surface area contributed by atoms with Crippen LogP contribution in [-0.4, -0.2) is 41.8 Å². The Kier molecular flexibility index (Phi) is 3.84. The van der Waals surface area contributed by atoms with Crippen LogP contribution in [-0.2, 0) is 10.2 Å². The molecule has 2 aromatic rings. The van der Waals surface area contributed by atoms with Gasteiger partial charge in [-0.05, 0) is 48.0 Å². The van der Waals surface area contributed by atoms with E-state index in [0.717, 1.165) is 35.5 Å². The molecule has 0 amide bonds. The van der Waals surface area contributed by atoms with Crippen LogP contribution in [0.5, 0.6) is 0 Å². The van der Waals surface area contributed by atoms with Crippen LogP contribution in [0.15, 0.2) is 20.4 Å². The molecule has 1 atom stereocenters. The number of ether oxygens (including phenoxy) is 1. The molecule has 1 saturated carbocycles. The predicted molar refractivity (Wildman–Crippen MR) is 87.1 cm³/mol. The Hall–Kier alpha value is -0.760. The van der Waals surface area contributed by atoms with Gasteiger partial charge in [0.05, 0.1) is 15.8 Å². The predicted octanol–water partition coefficient (Wildman–Crippen LogP) is 3.37. The van der Waals surface area contributed by atoms with Gasteiger partial charge < -0.3 is 14.2 Å². The molecular formula is C15H18BrN3O2S. The van der Waals surface area contributed by atoms with Crippen molar-refractivity contribution < 1.29 is 9.26 Å². The lowest BCUT2D eigenvalue weighted by Gasteiger charge is -2.38. The molecule has 7 heteroatoms. The molecule has 2 aromatic heterocycles. The molecule has 2 aliphatic rings. The van der Waals surface area contributed by atoms with E-state index in [2.05, 4.69) is 45.2 Å². The van der Waals surface area contributed by atoms with Crippen LogP contribution in [0.4, 0.5) is 0 Å². The van der Waals surface area contributed by atoms with Gasteiger partial charge in [0.15, 0.2) is 5.82 Å². The van der Waals surface area contributed by atoms with Crippen molar-refractivity contribution in [2.75, 3.05) is 26.7 Å². The Morgan fingerprint density at radius 2 is 2.27 bits per heavy atom. The summed E-state index contributed by atoms with van der Waals surface area (Å²) in [6.07, 6.45) is 3.28. The number of aromatic nitrogens is 2. The Labute approximate surface area is 141 Å². The second-order valence-electron chi connectivity index (χ2n) is 6.12. The van der Waals surface area contributed by atoms with Gasteiger partial charge in [-0.3, -0.25) is 0 Å². The van der Waals surface area contributed by atoms with Crippen molar-refractivity contribution in [1.29, 1.82) is 0 Å². The zero-order chi connectivity index (χ0) is 15.2. The Morgan fingerprint density at radius 1 is 1.41 bits per heavy atom. The zero-order valence-corrected chi connectivity index (χ0v) is 14.8. The summed E-state index contributed by atoms with van der Waals surface area (Å²) in [4.78, 5) is 8.26. The fourth-order valence-electron chi connectivity index (χ4n) is 3.17. The van der Waals surface area contributed by atoms with E-state index in [0.29, 0.717) is 12.5 Å². The third-order valence-electron chi connectivity index (χ3n) is 4.67. The molecule has 1 aliphatic carbocycles. The Morgan fingerprint density at radius 3 is 2.91 bits per heavy atom. The number of thiophene rings is 1. The van der Waals surface area contributed by atoms with Gasteiger partial charge >= 0.3 is 0 Å². The first-order chi connectivity index (χ1) is 10.7. The van der Waals surface area contributed by atoms with Crippen molar-refractivity contribution in [3.63, 3.8) is 0 Å². The van der Waals surface area contributed by atoms with Gasteiger partial charge in [0.2, 0.25) is 0 Å². The van der Waals surface area contributed by atoms with Crippen molar-refractivity contribution in [2.45, 2.75) is 30.8 Å². The van der Waals surface area contributed by atoms with Gasteiger partial charge in [-0.15, -0.1) is 11.3 Å². The topological polar surface area (TPSA) is 51.4 Å². The minimum atomic E-state index is -0.104. The first-order valence-electron chi connectivity index (χ1n) is 7.57. The first kappa shape index (κ1) is 14.8. The zero-order valence-electron chi connectivity index (χ0n) is 12.4. The largest absolute Gasteiger partial charge is 0.366 e. The maximum Gasteiger partial charge on any atom is 0.257 e. The minimum Gasteiger partial charge on any atom is -0.366 e.